The van der Waals surface area contributed by atoms with E-state index in [0.717, 1.165) is 42.6 Å². The molecule has 2 N–H and O–H groups in total. The van der Waals surface area contributed by atoms with Gasteiger partial charge in [-0.15, -0.1) is 0 Å². The SMILES string of the molecule is CC1(c2ccc3c(c2)CCC3)NC(=O)N(CC(=O)NC(C)(C#N)C2CC2)C1=O. The molecule has 0 spiro atoms. The highest BCUT2D eigenvalue weighted by atomic mass is 16.2. The zero-order valence-corrected chi connectivity index (χ0v) is 16.2. The lowest BCUT2D eigenvalue weighted by atomic mass is 9.89. The summed E-state index contributed by atoms with van der Waals surface area (Å²) in [7, 11) is 0. The van der Waals surface area contributed by atoms with E-state index in [9.17, 15) is 19.6 Å². The first-order valence-corrected chi connectivity index (χ1v) is 9.75. The summed E-state index contributed by atoms with van der Waals surface area (Å²) in [5.41, 5.74) is 1.08. The smallest absolute Gasteiger partial charge is 0.325 e. The van der Waals surface area contributed by atoms with Crippen molar-refractivity contribution in [1.82, 2.24) is 15.5 Å². The minimum Gasteiger partial charge on any atom is -0.336 e. The van der Waals surface area contributed by atoms with Crippen LogP contribution in [-0.4, -0.2) is 34.8 Å². The molecule has 2 unspecified atom stereocenters. The van der Waals surface area contributed by atoms with Gasteiger partial charge in [0.15, 0.2) is 0 Å². The van der Waals surface area contributed by atoms with E-state index in [1.807, 2.05) is 18.2 Å². The van der Waals surface area contributed by atoms with Crippen molar-refractivity contribution >= 4 is 17.8 Å². The van der Waals surface area contributed by atoms with Gasteiger partial charge in [0.05, 0.1) is 6.07 Å². The van der Waals surface area contributed by atoms with Crippen molar-refractivity contribution in [3.8, 4) is 6.07 Å². The molecule has 2 aliphatic carbocycles. The second kappa shape index (κ2) is 6.33. The van der Waals surface area contributed by atoms with Crippen LogP contribution in [-0.2, 0) is 28.0 Å². The third-order valence-corrected chi connectivity index (χ3v) is 6.28. The fraction of sp³-hybridized carbons (Fsp3) is 0.524. The first-order chi connectivity index (χ1) is 13.3. The largest absolute Gasteiger partial charge is 0.336 e. The summed E-state index contributed by atoms with van der Waals surface area (Å²) in [5.74, 6) is -0.824. The fourth-order valence-electron chi connectivity index (χ4n) is 4.27. The molecule has 1 aliphatic heterocycles. The highest BCUT2D eigenvalue weighted by Gasteiger charge is 2.50. The van der Waals surface area contributed by atoms with Crippen LogP contribution in [0.2, 0.25) is 0 Å². The van der Waals surface area contributed by atoms with Gasteiger partial charge in [-0.3, -0.25) is 14.5 Å². The van der Waals surface area contributed by atoms with Crippen LogP contribution in [0.15, 0.2) is 18.2 Å². The number of hydrogen-bond donors (Lipinski definition) is 2. The number of aryl methyl sites for hydroxylation is 2. The van der Waals surface area contributed by atoms with Crippen molar-refractivity contribution in [2.75, 3.05) is 6.54 Å². The number of amides is 4. The Labute approximate surface area is 164 Å². The van der Waals surface area contributed by atoms with E-state index >= 15 is 0 Å². The first-order valence-electron chi connectivity index (χ1n) is 9.75. The van der Waals surface area contributed by atoms with E-state index in [4.69, 9.17) is 0 Å². The molecule has 1 saturated carbocycles. The summed E-state index contributed by atoms with van der Waals surface area (Å²) < 4.78 is 0. The van der Waals surface area contributed by atoms with E-state index in [-0.39, 0.29) is 5.92 Å². The number of hydrogen-bond acceptors (Lipinski definition) is 4. The van der Waals surface area contributed by atoms with Crippen LogP contribution in [0.25, 0.3) is 0 Å². The van der Waals surface area contributed by atoms with Gasteiger partial charge >= 0.3 is 6.03 Å². The number of fused-ring (bicyclic) bond motifs is 1. The number of imide groups is 1. The minimum absolute atomic E-state index is 0.126. The van der Waals surface area contributed by atoms with Crippen LogP contribution < -0.4 is 10.6 Å². The average molecular weight is 380 g/mol. The average Bonchev–Trinajstić information content (AvgIpc) is 3.38. The summed E-state index contributed by atoms with van der Waals surface area (Å²) >= 11 is 0. The second-order valence-electron chi connectivity index (χ2n) is 8.42. The van der Waals surface area contributed by atoms with Crippen LogP contribution >= 0.6 is 0 Å². The highest BCUT2D eigenvalue weighted by molar-refractivity contribution is 6.09. The molecular formula is C21H24N4O3. The normalized spacial score (nSPS) is 25.7. The number of nitrogens with zero attached hydrogens (tertiary/aromatic N) is 2. The Morgan fingerprint density at radius 1 is 1.36 bits per heavy atom. The van der Waals surface area contributed by atoms with Crippen LogP contribution in [0.5, 0.6) is 0 Å². The van der Waals surface area contributed by atoms with Gasteiger partial charge in [0.25, 0.3) is 5.91 Å². The van der Waals surface area contributed by atoms with Crippen molar-refractivity contribution in [1.29, 1.82) is 5.26 Å². The second-order valence-corrected chi connectivity index (χ2v) is 8.42. The Morgan fingerprint density at radius 2 is 2.07 bits per heavy atom. The molecule has 2 fully saturated rings. The van der Waals surface area contributed by atoms with Crippen molar-refractivity contribution in [3.05, 3.63) is 34.9 Å². The van der Waals surface area contributed by atoms with Gasteiger partial charge in [0, 0.05) is 0 Å². The Morgan fingerprint density at radius 3 is 2.75 bits per heavy atom. The molecule has 2 atom stereocenters. The van der Waals surface area contributed by atoms with E-state index in [1.165, 1.54) is 11.1 Å². The third kappa shape index (κ3) is 2.93. The van der Waals surface area contributed by atoms with E-state index < -0.39 is 35.5 Å². The molecule has 28 heavy (non-hydrogen) atoms. The number of carbonyl (C=O) groups is 3. The van der Waals surface area contributed by atoms with Crippen molar-refractivity contribution in [2.45, 2.75) is 57.0 Å². The lowest BCUT2D eigenvalue weighted by Gasteiger charge is -2.25. The Balaban J connectivity index is 1.51. The van der Waals surface area contributed by atoms with Gasteiger partial charge in [-0.2, -0.15) is 5.26 Å². The fourth-order valence-corrected chi connectivity index (χ4v) is 4.27. The Bertz CT molecular complexity index is 917. The first kappa shape index (κ1) is 18.5. The monoisotopic (exact) mass is 380 g/mol. The molecule has 1 aromatic carbocycles. The van der Waals surface area contributed by atoms with E-state index in [2.05, 4.69) is 16.7 Å². The van der Waals surface area contributed by atoms with Gasteiger partial charge in [-0.25, -0.2) is 4.79 Å². The number of nitriles is 1. The van der Waals surface area contributed by atoms with Gasteiger partial charge in [-0.05, 0) is 68.6 Å². The zero-order chi connectivity index (χ0) is 20.1. The molecule has 0 radical (unpaired) electrons. The standard InChI is InChI=1S/C21H24N4O3/c1-20(12-22,15-8-9-15)23-17(26)11-25-18(27)21(2,24-19(25)28)16-7-6-13-4-3-5-14(13)10-16/h6-7,10,15H,3-5,8-9,11H2,1-2H3,(H,23,26)(H,24,28). The third-order valence-electron chi connectivity index (χ3n) is 6.28. The summed E-state index contributed by atoms with van der Waals surface area (Å²) in [4.78, 5) is 38.9. The predicted molar refractivity (Wildman–Crippen MR) is 101 cm³/mol. The van der Waals surface area contributed by atoms with Crippen LogP contribution in [0.4, 0.5) is 4.79 Å². The van der Waals surface area contributed by atoms with Gasteiger partial charge in [-0.1, -0.05) is 18.2 Å². The Kier molecular flexibility index (Phi) is 4.18. The number of nitrogens with one attached hydrogen (secondary N) is 2. The molecule has 3 aliphatic rings. The summed E-state index contributed by atoms with van der Waals surface area (Å²) in [6.45, 7) is 2.96. The predicted octanol–water partition coefficient (Wildman–Crippen LogP) is 1.75. The van der Waals surface area contributed by atoms with Crippen LogP contribution in [0.1, 0.15) is 49.8 Å². The van der Waals surface area contributed by atoms with Gasteiger partial charge in [0.2, 0.25) is 5.91 Å². The van der Waals surface area contributed by atoms with E-state index in [0.29, 0.717) is 0 Å². The molecule has 1 aromatic rings. The lowest BCUT2D eigenvalue weighted by molar-refractivity contribution is -0.135. The molecular weight excluding hydrogens is 356 g/mol. The van der Waals surface area contributed by atoms with Crippen LogP contribution in [0.3, 0.4) is 0 Å². The van der Waals surface area contributed by atoms with Crippen LogP contribution in [0, 0.1) is 17.2 Å². The summed E-state index contributed by atoms with van der Waals surface area (Å²) in [6.07, 6.45) is 4.90. The molecule has 4 rings (SSSR count). The summed E-state index contributed by atoms with van der Waals surface area (Å²) in [5, 5.41) is 14.8. The summed E-state index contributed by atoms with van der Waals surface area (Å²) in [6, 6.07) is 7.45. The maximum absolute atomic E-state index is 13.1. The molecule has 0 aromatic heterocycles. The number of urea groups is 1. The van der Waals surface area contributed by atoms with Gasteiger partial charge in [0.1, 0.15) is 17.6 Å². The highest BCUT2D eigenvalue weighted by Crippen LogP contribution is 2.39. The maximum Gasteiger partial charge on any atom is 0.325 e. The van der Waals surface area contributed by atoms with Crippen molar-refractivity contribution in [2.24, 2.45) is 5.92 Å². The molecule has 0 bridgehead atoms. The Hall–Kier alpha value is -2.88. The maximum atomic E-state index is 13.1. The minimum atomic E-state index is -1.19. The quantitative estimate of drug-likeness (QED) is 0.760. The number of carbonyl (C=O) groups excluding carboxylic acids is 3. The van der Waals surface area contributed by atoms with Crippen molar-refractivity contribution in [3.63, 3.8) is 0 Å². The topological polar surface area (TPSA) is 102 Å². The molecule has 7 heteroatoms. The molecule has 1 saturated heterocycles. The van der Waals surface area contributed by atoms with Crippen molar-refractivity contribution < 1.29 is 14.4 Å². The van der Waals surface area contributed by atoms with E-state index in [1.54, 1.807) is 13.8 Å². The zero-order valence-electron chi connectivity index (χ0n) is 16.2. The number of benzene rings is 1. The molecule has 7 nitrogen and oxygen atoms in total. The lowest BCUT2D eigenvalue weighted by Crippen LogP contribution is -2.51. The molecule has 4 amide bonds. The molecule has 146 valence electrons. The molecule has 1 heterocycles. The van der Waals surface area contributed by atoms with Gasteiger partial charge < -0.3 is 10.6 Å². The number of rotatable bonds is 5.